The van der Waals surface area contributed by atoms with Gasteiger partial charge >= 0.3 is 0 Å². The molecule has 0 aromatic heterocycles. The molecule has 0 unspecified atom stereocenters. The number of carbonyl (C=O) groups excluding carboxylic acids is 1. The van der Waals surface area contributed by atoms with E-state index in [2.05, 4.69) is 10.0 Å². The van der Waals surface area contributed by atoms with Crippen LogP contribution in [0.3, 0.4) is 0 Å². The molecule has 8 heteroatoms. The standard InChI is InChI=1S/C17H18ClFN2O3S/c1-17(2,3)20-16(22)11-4-7-13(8-5-11)25(23,24)21-12-6-9-15(19)14(18)10-12/h4-10,21H,1-3H3,(H,20,22). The van der Waals surface area contributed by atoms with Crippen LogP contribution in [0.4, 0.5) is 10.1 Å². The zero-order chi connectivity index (χ0) is 18.8. The third-order valence-electron chi connectivity index (χ3n) is 3.09. The highest BCUT2D eigenvalue weighted by Crippen LogP contribution is 2.22. The minimum atomic E-state index is -3.88. The van der Waals surface area contributed by atoms with Crippen LogP contribution in [0.5, 0.6) is 0 Å². The monoisotopic (exact) mass is 384 g/mol. The minimum Gasteiger partial charge on any atom is -0.347 e. The molecule has 0 bridgehead atoms. The molecule has 134 valence electrons. The molecule has 5 nitrogen and oxygen atoms in total. The molecule has 0 fully saturated rings. The molecular weight excluding hydrogens is 367 g/mol. The van der Waals surface area contributed by atoms with Crippen LogP contribution < -0.4 is 10.0 Å². The van der Waals surface area contributed by atoms with Gasteiger partial charge in [-0.15, -0.1) is 0 Å². The first-order chi connectivity index (χ1) is 11.5. The SMILES string of the molecule is CC(C)(C)NC(=O)c1ccc(S(=O)(=O)Nc2ccc(F)c(Cl)c2)cc1. The fourth-order valence-electron chi connectivity index (χ4n) is 1.97. The Kier molecular flexibility index (Phi) is 5.39. The summed E-state index contributed by atoms with van der Waals surface area (Å²) < 4.78 is 40.2. The summed E-state index contributed by atoms with van der Waals surface area (Å²) in [4.78, 5) is 12.0. The second kappa shape index (κ2) is 7.01. The van der Waals surface area contributed by atoms with Crippen molar-refractivity contribution in [3.8, 4) is 0 Å². The lowest BCUT2D eigenvalue weighted by Gasteiger charge is -2.20. The second-order valence-corrected chi connectivity index (χ2v) is 8.55. The van der Waals surface area contributed by atoms with Gasteiger partial charge in [-0.3, -0.25) is 9.52 Å². The van der Waals surface area contributed by atoms with Gasteiger partial charge in [-0.2, -0.15) is 0 Å². The highest BCUT2D eigenvalue weighted by atomic mass is 35.5. The van der Waals surface area contributed by atoms with Crippen LogP contribution in [0.2, 0.25) is 5.02 Å². The Morgan fingerprint density at radius 2 is 1.68 bits per heavy atom. The topological polar surface area (TPSA) is 75.3 Å². The van der Waals surface area contributed by atoms with Crippen LogP contribution in [-0.4, -0.2) is 19.9 Å². The van der Waals surface area contributed by atoms with Crippen molar-refractivity contribution >= 4 is 33.2 Å². The van der Waals surface area contributed by atoms with Gasteiger partial charge in [0.05, 0.1) is 15.6 Å². The van der Waals surface area contributed by atoms with E-state index in [1.807, 2.05) is 20.8 Å². The zero-order valence-electron chi connectivity index (χ0n) is 13.9. The third kappa shape index (κ3) is 5.17. The number of hydrogen-bond donors (Lipinski definition) is 2. The van der Waals surface area contributed by atoms with Crippen molar-refractivity contribution in [1.29, 1.82) is 0 Å². The van der Waals surface area contributed by atoms with Crippen molar-refractivity contribution in [2.24, 2.45) is 0 Å². The van der Waals surface area contributed by atoms with E-state index in [0.717, 1.165) is 6.07 Å². The maximum Gasteiger partial charge on any atom is 0.261 e. The lowest BCUT2D eigenvalue weighted by atomic mass is 10.1. The van der Waals surface area contributed by atoms with Gasteiger partial charge in [0.2, 0.25) is 0 Å². The van der Waals surface area contributed by atoms with Gasteiger partial charge in [-0.1, -0.05) is 11.6 Å². The second-order valence-electron chi connectivity index (χ2n) is 6.46. The van der Waals surface area contributed by atoms with E-state index in [9.17, 15) is 17.6 Å². The van der Waals surface area contributed by atoms with E-state index in [4.69, 9.17) is 11.6 Å². The molecule has 2 N–H and O–H groups in total. The fourth-order valence-corrected chi connectivity index (χ4v) is 3.20. The van der Waals surface area contributed by atoms with Crippen molar-refractivity contribution in [2.45, 2.75) is 31.2 Å². The number of benzene rings is 2. The van der Waals surface area contributed by atoms with Crippen LogP contribution >= 0.6 is 11.6 Å². The molecule has 1 amide bonds. The predicted molar refractivity (Wildman–Crippen MR) is 95.9 cm³/mol. The first-order valence-electron chi connectivity index (χ1n) is 7.38. The molecule has 2 aromatic carbocycles. The quantitative estimate of drug-likeness (QED) is 0.841. The van der Waals surface area contributed by atoms with Crippen molar-refractivity contribution in [2.75, 3.05) is 4.72 Å². The van der Waals surface area contributed by atoms with Crippen molar-refractivity contribution in [1.82, 2.24) is 5.32 Å². The first kappa shape index (κ1) is 19.2. The van der Waals surface area contributed by atoms with E-state index < -0.39 is 21.4 Å². The largest absolute Gasteiger partial charge is 0.347 e. The van der Waals surface area contributed by atoms with Gasteiger partial charge < -0.3 is 5.32 Å². The number of rotatable bonds is 4. The number of nitrogens with one attached hydrogen (secondary N) is 2. The van der Waals surface area contributed by atoms with Crippen LogP contribution in [0.1, 0.15) is 31.1 Å². The highest BCUT2D eigenvalue weighted by molar-refractivity contribution is 7.92. The van der Waals surface area contributed by atoms with E-state index in [-0.39, 0.29) is 21.5 Å². The van der Waals surface area contributed by atoms with E-state index in [1.54, 1.807) is 0 Å². The lowest BCUT2D eigenvalue weighted by molar-refractivity contribution is 0.0919. The maximum absolute atomic E-state index is 13.1. The summed E-state index contributed by atoms with van der Waals surface area (Å²) in [6.07, 6.45) is 0. The Labute approximate surface area is 151 Å². The van der Waals surface area contributed by atoms with Crippen LogP contribution in [-0.2, 0) is 10.0 Å². The average molecular weight is 385 g/mol. The molecule has 0 radical (unpaired) electrons. The normalized spacial score (nSPS) is 11.9. The van der Waals surface area contributed by atoms with Gasteiger partial charge in [-0.05, 0) is 63.2 Å². The fraction of sp³-hybridized carbons (Fsp3) is 0.235. The molecule has 0 aliphatic carbocycles. The Balaban J connectivity index is 2.20. The highest BCUT2D eigenvalue weighted by Gasteiger charge is 2.18. The Morgan fingerprint density at radius 3 is 2.20 bits per heavy atom. The van der Waals surface area contributed by atoms with Crippen LogP contribution in [0.15, 0.2) is 47.4 Å². The molecule has 0 saturated carbocycles. The van der Waals surface area contributed by atoms with Gasteiger partial charge in [0, 0.05) is 11.1 Å². The molecule has 0 saturated heterocycles. The summed E-state index contributed by atoms with van der Waals surface area (Å²) in [6.45, 7) is 5.55. The van der Waals surface area contributed by atoms with Crippen molar-refractivity contribution in [3.63, 3.8) is 0 Å². The number of hydrogen-bond acceptors (Lipinski definition) is 3. The summed E-state index contributed by atoms with van der Waals surface area (Å²) in [7, 11) is -3.88. The predicted octanol–water partition coefficient (Wildman–Crippen LogP) is 3.81. The summed E-state index contributed by atoms with van der Waals surface area (Å²) in [6, 6.07) is 9.01. The third-order valence-corrected chi connectivity index (χ3v) is 4.77. The maximum atomic E-state index is 13.1. The van der Waals surface area contributed by atoms with Gasteiger partial charge in [0.25, 0.3) is 15.9 Å². The molecule has 2 aromatic rings. The van der Waals surface area contributed by atoms with E-state index in [0.29, 0.717) is 5.56 Å². The van der Waals surface area contributed by atoms with Crippen molar-refractivity contribution in [3.05, 3.63) is 58.9 Å². The van der Waals surface area contributed by atoms with Gasteiger partial charge in [-0.25, -0.2) is 12.8 Å². The minimum absolute atomic E-state index is 0.0275. The molecule has 0 spiro atoms. The number of anilines is 1. The summed E-state index contributed by atoms with van der Waals surface area (Å²) in [5.41, 5.74) is 0.0882. The number of carbonyl (C=O) groups is 1. The summed E-state index contributed by atoms with van der Waals surface area (Å²) in [5.74, 6) is -0.937. The van der Waals surface area contributed by atoms with E-state index in [1.165, 1.54) is 36.4 Å². The molecule has 0 heterocycles. The molecule has 2 rings (SSSR count). The lowest BCUT2D eigenvalue weighted by Crippen LogP contribution is -2.40. The van der Waals surface area contributed by atoms with Crippen LogP contribution in [0.25, 0.3) is 0 Å². The van der Waals surface area contributed by atoms with E-state index >= 15 is 0 Å². The summed E-state index contributed by atoms with van der Waals surface area (Å²) in [5, 5.41) is 2.61. The molecule has 0 atom stereocenters. The number of sulfonamides is 1. The average Bonchev–Trinajstić information content (AvgIpc) is 2.49. The number of amides is 1. The molecule has 25 heavy (non-hydrogen) atoms. The summed E-state index contributed by atoms with van der Waals surface area (Å²) >= 11 is 5.64. The Morgan fingerprint density at radius 1 is 1.08 bits per heavy atom. The van der Waals surface area contributed by atoms with Gasteiger partial charge in [0.15, 0.2) is 0 Å². The van der Waals surface area contributed by atoms with Gasteiger partial charge in [0.1, 0.15) is 5.82 Å². The van der Waals surface area contributed by atoms with Crippen molar-refractivity contribution < 1.29 is 17.6 Å². The molecule has 0 aliphatic heterocycles. The first-order valence-corrected chi connectivity index (χ1v) is 9.24. The number of halogens is 2. The van der Waals surface area contributed by atoms with Crippen LogP contribution in [0, 0.1) is 5.82 Å². The zero-order valence-corrected chi connectivity index (χ0v) is 15.5. The smallest absolute Gasteiger partial charge is 0.261 e. The Hall–Kier alpha value is -2.12. The molecular formula is C17H18ClFN2O3S. The Bertz CT molecular complexity index is 891. The molecule has 0 aliphatic rings.